The minimum absolute atomic E-state index is 0.0545. The lowest BCUT2D eigenvalue weighted by atomic mass is 10.1. The molecule has 8 heteroatoms. The van der Waals surface area contributed by atoms with Crippen LogP contribution >= 0.6 is 24.0 Å². The van der Waals surface area contributed by atoms with Crippen LogP contribution in [0.15, 0.2) is 53.4 Å². The minimum atomic E-state index is -1.06. The van der Waals surface area contributed by atoms with Crippen LogP contribution in [0.25, 0.3) is 6.08 Å². The summed E-state index contributed by atoms with van der Waals surface area (Å²) in [6, 6.07) is 13.5. The Labute approximate surface area is 177 Å². The molecule has 29 heavy (non-hydrogen) atoms. The molecule has 1 unspecified atom stereocenters. The topological polar surface area (TPSA) is 83.9 Å². The van der Waals surface area contributed by atoms with Crippen LogP contribution in [0.2, 0.25) is 0 Å². The molecule has 0 saturated carbocycles. The second-order valence-electron chi connectivity index (χ2n) is 6.29. The van der Waals surface area contributed by atoms with Gasteiger partial charge >= 0.3 is 5.97 Å². The van der Waals surface area contributed by atoms with Crippen LogP contribution in [0, 0.1) is 0 Å². The maximum Gasteiger partial charge on any atom is 0.344 e. The summed E-state index contributed by atoms with van der Waals surface area (Å²) in [5, 5.41) is 8.97. The van der Waals surface area contributed by atoms with Gasteiger partial charge in [-0.1, -0.05) is 36.1 Å². The minimum Gasteiger partial charge on any atom is -0.479 e. The summed E-state index contributed by atoms with van der Waals surface area (Å²) in [7, 11) is 0. The predicted molar refractivity (Wildman–Crippen MR) is 116 cm³/mol. The molecule has 0 radical (unpaired) electrons. The molecule has 0 aliphatic carbocycles. The van der Waals surface area contributed by atoms with Gasteiger partial charge in [-0.3, -0.25) is 14.5 Å². The van der Waals surface area contributed by atoms with E-state index >= 15 is 0 Å². The van der Waals surface area contributed by atoms with Crippen molar-refractivity contribution < 1.29 is 24.2 Å². The second-order valence-corrected chi connectivity index (χ2v) is 7.97. The maximum absolute atomic E-state index is 12.9. The summed E-state index contributed by atoms with van der Waals surface area (Å²) in [6.07, 6.45) is 0.697. The molecule has 1 aliphatic rings. The zero-order chi connectivity index (χ0) is 21.1. The number of benzene rings is 2. The van der Waals surface area contributed by atoms with E-state index in [4.69, 9.17) is 22.1 Å². The molecule has 1 aliphatic heterocycles. The van der Waals surface area contributed by atoms with E-state index < -0.39 is 12.1 Å². The molecule has 6 nitrogen and oxygen atoms in total. The Morgan fingerprint density at radius 3 is 2.52 bits per heavy atom. The average molecular weight is 428 g/mol. The van der Waals surface area contributed by atoms with Crippen molar-refractivity contribution in [1.82, 2.24) is 0 Å². The number of ether oxygens (including phenoxy) is 1. The number of carbonyl (C=O) groups excluding carboxylic acids is 2. The molecule has 148 valence electrons. The highest BCUT2D eigenvalue weighted by Crippen LogP contribution is 2.36. The van der Waals surface area contributed by atoms with Crippen LogP contribution in [-0.4, -0.2) is 33.2 Å². The summed E-state index contributed by atoms with van der Waals surface area (Å²) in [4.78, 5) is 37.1. The van der Waals surface area contributed by atoms with Gasteiger partial charge < -0.3 is 9.84 Å². The van der Waals surface area contributed by atoms with Gasteiger partial charge in [-0.2, -0.15) is 0 Å². The number of hydrogen-bond donors (Lipinski definition) is 1. The number of ketones is 1. The molecule has 1 amide bonds. The number of hydrogen-bond acceptors (Lipinski definition) is 6. The number of Topliss-reactive ketones (excluding diaryl/α,β-unsaturated/α-hetero) is 1. The number of carboxylic acids is 1. The lowest BCUT2D eigenvalue weighted by Gasteiger charge is -2.14. The van der Waals surface area contributed by atoms with Crippen LogP contribution in [0.4, 0.5) is 5.69 Å². The van der Waals surface area contributed by atoms with Crippen LogP contribution in [0.1, 0.15) is 29.8 Å². The van der Waals surface area contributed by atoms with Crippen LogP contribution < -0.4 is 9.64 Å². The molecule has 2 aromatic carbocycles. The van der Waals surface area contributed by atoms with Crippen molar-refractivity contribution >= 4 is 57.7 Å². The Morgan fingerprint density at radius 1 is 1.21 bits per heavy atom. The summed E-state index contributed by atoms with van der Waals surface area (Å²) < 4.78 is 5.76. The zero-order valence-electron chi connectivity index (χ0n) is 15.6. The number of thiocarbonyl (C=S) groups is 1. The van der Waals surface area contributed by atoms with Crippen molar-refractivity contribution in [2.24, 2.45) is 0 Å². The molecule has 1 atom stereocenters. The first-order valence-corrected chi connectivity index (χ1v) is 9.87. The fourth-order valence-electron chi connectivity index (χ4n) is 2.62. The molecule has 1 saturated heterocycles. The van der Waals surface area contributed by atoms with E-state index in [-0.39, 0.29) is 11.7 Å². The molecule has 3 rings (SSSR count). The summed E-state index contributed by atoms with van der Waals surface area (Å²) in [6.45, 7) is 2.92. The number of nitrogens with zero attached hydrogens (tertiary/aromatic N) is 1. The average Bonchev–Trinajstić information content (AvgIpc) is 2.95. The van der Waals surface area contributed by atoms with Crippen molar-refractivity contribution in [2.45, 2.75) is 20.0 Å². The van der Waals surface area contributed by atoms with E-state index in [1.807, 2.05) is 0 Å². The van der Waals surface area contributed by atoms with E-state index in [0.717, 1.165) is 0 Å². The number of thioether (sulfide) groups is 1. The van der Waals surface area contributed by atoms with E-state index in [1.165, 1.54) is 30.5 Å². The van der Waals surface area contributed by atoms with Gasteiger partial charge in [-0.05, 0) is 61.9 Å². The Morgan fingerprint density at radius 2 is 1.90 bits per heavy atom. The van der Waals surface area contributed by atoms with E-state index in [1.54, 1.807) is 54.6 Å². The summed E-state index contributed by atoms with van der Waals surface area (Å²) in [5.41, 5.74) is 1.84. The number of carbonyl (C=O) groups is 3. The molecule has 0 bridgehead atoms. The van der Waals surface area contributed by atoms with Gasteiger partial charge in [0, 0.05) is 5.56 Å². The monoisotopic (exact) mass is 427 g/mol. The van der Waals surface area contributed by atoms with Gasteiger partial charge in [0.25, 0.3) is 5.91 Å². The highest BCUT2D eigenvalue weighted by atomic mass is 32.2. The van der Waals surface area contributed by atoms with Crippen molar-refractivity contribution in [2.75, 3.05) is 4.90 Å². The Kier molecular flexibility index (Phi) is 6.14. The standard InChI is InChI=1S/C21H17NO5S2/c1-12(23)15-6-8-16(9-7-15)22-19(24)18(29-21(22)28)11-14-4-3-5-17(10-14)27-13(2)20(25)26/h3-11,13H,1-2H3,(H,25,26)/b18-11+. The molecule has 2 aromatic rings. The fraction of sp³-hybridized carbons (Fsp3) is 0.143. The first kappa shape index (κ1) is 20.8. The fourth-order valence-corrected chi connectivity index (χ4v) is 3.92. The molecule has 0 aromatic heterocycles. The molecular formula is C21H17NO5S2. The van der Waals surface area contributed by atoms with E-state index in [9.17, 15) is 14.4 Å². The smallest absolute Gasteiger partial charge is 0.344 e. The zero-order valence-corrected chi connectivity index (χ0v) is 17.3. The van der Waals surface area contributed by atoms with Crippen molar-refractivity contribution in [3.8, 4) is 5.75 Å². The Balaban J connectivity index is 1.83. The van der Waals surface area contributed by atoms with Gasteiger partial charge in [0.15, 0.2) is 16.2 Å². The van der Waals surface area contributed by atoms with Gasteiger partial charge in [-0.25, -0.2) is 4.79 Å². The number of carboxylic acid groups (broad SMARTS) is 1. The van der Waals surface area contributed by atoms with E-state index in [0.29, 0.717) is 31.8 Å². The third-order valence-electron chi connectivity index (χ3n) is 4.14. The van der Waals surface area contributed by atoms with Crippen molar-refractivity contribution in [3.63, 3.8) is 0 Å². The number of anilines is 1. The first-order valence-electron chi connectivity index (χ1n) is 8.65. The maximum atomic E-state index is 12.9. The SMILES string of the molecule is CC(=O)c1ccc(N2C(=O)/C(=C\c3cccc(OC(C)C(=O)O)c3)SC2=S)cc1. The number of rotatable bonds is 6. The number of amides is 1. The summed E-state index contributed by atoms with van der Waals surface area (Å²) >= 11 is 6.53. The highest BCUT2D eigenvalue weighted by molar-refractivity contribution is 8.27. The predicted octanol–water partition coefficient (Wildman–Crippen LogP) is 4.15. The molecule has 1 N–H and O–H groups in total. The van der Waals surface area contributed by atoms with Crippen LogP contribution in [0.5, 0.6) is 5.75 Å². The van der Waals surface area contributed by atoms with Gasteiger partial charge in [-0.15, -0.1) is 0 Å². The van der Waals surface area contributed by atoms with Gasteiger partial charge in [0.2, 0.25) is 0 Å². The molecule has 1 fully saturated rings. The van der Waals surface area contributed by atoms with E-state index in [2.05, 4.69) is 0 Å². The third-order valence-corrected chi connectivity index (χ3v) is 5.44. The molecule has 1 heterocycles. The lowest BCUT2D eigenvalue weighted by molar-refractivity contribution is -0.144. The largest absolute Gasteiger partial charge is 0.479 e. The lowest BCUT2D eigenvalue weighted by Crippen LogP contribution is -2.27. The third kappa shape index (κ3) is 4.72. The Hall–Kier alpha value is -2.97. The van der Waals surface area contributed by atoms with Crippen LogP contribution in [0.3, 0.4) is 0 Å². The van der Waals surface area contributed by atoms with Crippen molar-refractivity contribution in [3.05, 3.63) is 64.6 Å². The van der Waals surface area contributed by atoms with Gasteiger partial charge in [0.05, 0.1) is 10.6 Å². The Bertz CT molecular complexity index is 1030. The first-order chi connectivity index (χ1) is 13.8. The molecular weight excluding hydrogens is 410 g/mol. The quantitative estimate of drug-likeness (QED) is 0.421. The van der Waals surface area contributed by atoms with Gasteiger partial charge in [0.1, 0.15) is 5.75 Å². The van der Waals surface area contributed by atoms with Crippen molar-refractivity contribution in [1.29, 1.82) is 0 Å². The highest BCUT2D eigenvalue weighted by Gasteiger charge is 2.33. The molecule has 0 spiro atoms. The summed E-state index contributed by atoms with van der Waals surface area (Å²) in [5.74, 6) is -0.988. The number of aliphatic carboxylic acids is 1. The second kappa shape index (κ2) is 8.59. The van der Waals surface area contributed by atoms with Crippen LogP contribution in [-0.2, 0) is 9.59 Å². The normalized spacial score (nSPS) is 16.2.